The number of hydrogen-bond acceptors (Lipinski definition) is 2. The third kappa shape index (κ3) is 2.31. The number of anilines is 1. The number of rotatable bonds is 2. The van der Waals surface area contributed by atoms with E-state index in [2.05, 4.69) is 10.2 Å². The van der Waals surface area contributed by atoms with E-state index in [-0.39, 0.29) is 5.69 Å². The first kappa shape index (κ1) is 12.0. The van der Waals surface area contributed by atoms with E-state index < -0.39 is 19.4 Å². The minimum Gasteiger partial charge on any atom is -0.351 e. The molecule has 0 bridgehead atoms. The molecule has 2 amide bonds. The Morgan fingerprint density at radius 2 is 1.82 bits per heavy atom. The standard InChI is InChI=1S/C9H12FN4O2P/c10-7-1-3-8(4-2-7)14(9(11)15)17(16)12-5-6-13-17/h1-4H,5-6H2,(H2,11,15)(H2,12,13,16). The number of carbonyl (C=O) groups excluding carboxylic acids is 1. The van der Waals surface area contributed by atoms with E-state index in [1.165, 1.54) is 24.3 Å². The Morgan fingerprint density at radius 3 is 2.29 bits per heavy atom. The van der Waals surface area contributed by atoms with Gasteiger partial charge in [-0.1, -0.05) is 0 Å². The molecule has 8 heteroatoms. The van der Waals surface area contributed by atoms with Crippen molar-refractivity contribution >= 4 is 19.3 Å². The molecule has 1 heterocycles. The SMILES string of the molecule is NC(=O)N(c1ccc(F)cc1)P1(=O)NCCN1. The number of carbonyl (C=O) groups is 1. The Labute approximate surface area is 97.5 Å². The topological polar surface area (TPSA) is 87.5 Å². The molecule has 0 spiro atoms. The third-order valence-electron chi connectivity index (χ3n) is 2.34. The molecular weight excluding hydrogens is 246 g/mol. The number of hydrogen-bond donors (Lipinski definition) is 3. The lowest BCUT2D eigenvalue weighted by Gasteiger charge is -2.26. The molecule has 0 saturated carbocycles. The molecule has 17 heavy (non-hydrogen) atoms. The lowest BCUT2D eigenvalue weighted by Crippen LogP contribution is -2.38. The molecule has 1 aliphatic heterocycles. The van der Waals surface area contributed by atoms with Gasteiger partial charge in [-0.3, -0.25) is 4.57 Å². The van der Waals surface area contributed by atoms with Crippen molar-refractivity contribution < 1.29 is 13.8 Å². The summed E-state index contributed by atoms with van der Waals surface area (Å²) in [6.07, 6.45) is 0. The maximum absolute atomic E-state index is 12.8. The zero-order valence-corrected chi connectivity index (χ0v) is 9.78. The van der Waals surface area contributed by atoms with Gasteiger partial charge in [0.2, 0.25) is 0 Å². The van der Waals surface area contributed by atoms with Crippen LogP contribution in [0.5, 0.6) is 0 Å². The van der Waals surface area contributed by atoms with Crippen LogP contribution in [0.3, 0.4) is 0 Å². The number of urea groups is 1. The smallest absolute Gasteiger partial charge is 0.326 e. The van der Waals surface area contributed by atoms with Gasteiger partial charge in [0, 0.05) is 13.1 Å². The molecule has 4 N–H and O–H groups in total. The maximum atomic E-state index is 12.8. The molecule has 0 unspecified atom stereocenters. The fraction of sp³-hybridized carbons (Fsp3) is 0.222. The van der Waals surface area contributed by atoms with Crippen LogP contribution in [0.25, 0.3) is 0 Å². The highest BCUT2D eigenvalue weighted by atomic mass is 31.2. The number of nitrogens with one attached hydrogen (secondary N) is 2. The summed E-state index contributed by atoms with van der Waals surface area (Å²) in [6.45, 7) is 0.949. The lowest BCUT2D eigenvalue weighted by atomic mass is 10.3. The summed E-state index contributed by atoms with van der Waals surface area (Å²) in [5, 5.41) is 5.41. The third-order valence-corrected chi connectivity index (χ3v) is 4.63. The van der Waals surface area contributed by atoms with Gasteiger partial charge in [-0.2, -0.15) is 0 Å². The highest BCUT2D eigenvalue weighted by Gasteiger charge is 2.37. The molecule has 1 fully saturated rings. The van der Waals surface area contributed by atoms with E-state index in [0.29, 0.717) is 13.1 Å². The van der Waals surface area contributed by atoms with Crippen molar-refractivity contribution in [1.82, 2.24) is 10.2 Å². The molecule has 2 rings (SSSR count). The fourth-order valence-corrected chi connectivity index (χ4v) is 3.58. The summed E-state index contributed by atoms with van der Waals surface area (Å²) in [5.74, 6) is -0.441. The molecule has 1 aromatic rings. The zero-order valence-electron chi connectivity index (χ0n) is 8.89. The zero-order chi connectivity index (χ0) is 12.5. The van der Waals surface area contributed by atoms with Crippen LogP contribution in [0.15, 0.2) is 24.3 Å². The Kier molecular flexibility index (Phi) is 3.15. The van der Waals surface area contributed by atoms with E-state index in [1.807, 2.05) is 0 Å². The van der Waals surface area contributed by atoms with Crippen LogP contribution in [0.4, 0.5) is 14.9 Å². The van der Waals surface area contributed by atoms with Crippen LogP contribution >= 0.6 is 7.59 Å². The van der Waals surface area contributed by atoms with Gasteiger partial charge >= 0.3 is 13.6 Å². The van der Waals surface area contributed by atoms with Crippen LogP contribution in [0.1, 0.15) is 0 Å². The molecule has 1 aromatic carbocycles. The number of nitrogens with zero attached hydrogens (tertiary/aromatic N) is 1. The van der Waals surface area contributed by atoms with E-state index >= 15 is 0 Å². The molecule has 0 radical (unpaired) electrons. The van der Waals surface area contributed by atoms with Crippen molar-refractivity contribution in [2.24, 2.45) is 5.73 Å². The Balaban J connectivity index is 2.39. The first-order chi connectivity index (χ1) is 8.03. The van der Waals surface area contributed by atoms with Crippen molar-refractivity contribution in [3.8, 4) is 0 Å². The molecule has 0 aliphatic carbocycles. The molecule has 6 nitrogen and oxygen atoms in total. The Bertz CT molecular complexity index is 468. The lowest BCUT2D eigenvalue weighted by molar-refractivity contribution is 0.256. The molecular formula is C9H12FN4O2P. The van der Waals surface area contributed by atoms with Gasteiger partial charge in [-0.05, 0) is 24.3 Å². The highest BCUT2D eigenvalue weighted by Crippen LogP contribution is 2.45. The number of primary amides is 1. The highest BCUT2D eigenvalue weighted by molar-refractivity contribution is 7.62. The Morgan fingerprint density at radius 1 is 1.29 bits per heavy atom. The fourth-order valence-electron chi connectivity index (χ4n) is 1.62. The number of amides is 2. The second-order valence-electron chi connectivity index (χ2n) is 3.52. The van der Waals surface area contributed by atoms with Gasteiger partial charge in [0.05, 0.1) is 5.69 Å². The van der Waals surface area contributed by atoms with E-state index in [4.69, 9.17) is 5.73 Å². The van der Waals surface area contributed by atoms with Crippen molar-refractivity contribution in [3.05, 3.63) is 30.1 Å². The summed E-state index contributed by atoms with van der Waals surface area (Å²) in [6, 6.07) is 4.19. The molecule has 92 valence electrons. The van der Waals surface area contributed by atoms with Crippen LogP contribution < -0.4 is 20.6 Å². The van der Waals surface area contributed by atoms with Crippen molar-refractivity contribution in [1.29, 1.82) is 0 Å². The van der Waals surface area contributed by atoms with Crippen molar-refractivity contribution in [2.75, 3.05) is 17.8 Å². The minimum absolute atomic E-state index is 0.282. The van der Waals surface area contributed by atoms with Gasteiger partial charge in [0.25, 0.3) is 0 Å². The number of halogens is 1. The van der Waals surface area contributed by atoms with Crippen LogP contribution in [0, 0.1) is 5.82 Å². The van der Waals surface area contributed by atoms with Crippen LogP contribution in [-0.4, -0.2) is 19.1 Å². The summed E-state index contributed by atoms with van der Waals surface area (Å²) >= 11 is 0. The van der Waals surface area contributed by atoms with Crippen molar-refractivity contribution in [2.45, 2.75) is 0 Å². The summed E-state index contributed by atoms with van der Waals surface area (Å²) < 4.78 is 26.1. The minimum atomic E-state index is -3.24. The van der Waals surface area contributed by atoms with Gasteiger partial charge < -0.3 is 5.73 Å². The number of nitrogens with two attached hydrogens (primary N) is 1. The van der Waals surface area contributed by atoms with Gasteiger partial charge in [-0.15, -0.1) is 0 Å². The quantitative estimate of drug-likeness (QED) is 0.691. The monoisotopic (exact) mass is 258 g/mol. The summed E-state index contributed by atoms with van der Waals surface area (Å²) in [4.78, 5) is 11.4. The predicted octanol–water partition coefficient (Wildman–Crippen LogP) is 1.01. The first-order valence-corrected chi connectivity index (χ1v) is 6.65. The molecule has 1 saturated heterocycles. The number of benzene rings is 1. The second kappa shape index (κ2) is 4.44. The summed E-state index contributed by atoms with van der Waals surface area (Å²) in [5.41, 5.74) is 5.49. The van der Waals surface area contributed by atoms with E-state index in [1.54, 1.807) is 0 Å². The van der Waals surface area contributed by atoms with Crippen molar-refractivity contribution in [3.63, 3.8) is 0 Å². The first-order valence-electron chi connectivity index (χ1n) is 4.99. The van der Waals surface area contributed by atoms with E-state index in [0.717, 1.165) is 4.67 Å². The normalized spacial score (nSPS) is 17.9. The maximum Gasteiger partial charge on any atom is 0.326 e. The van der Waals surface area contributed by atoms with Crippen LogP contribution in [-0.2, 0) is 4.57 Å². The van der Waals surface area contributed by atoms with Gasteiger partial charge in [0.1, 0.15) is 5.82 Å². The average molecular weight is 258 g/mol. The van der Waals surface area contributed by atoms with E-state index in [9.17, 15) is 13.8 Å². The largest absolute Gasteiger partial charge is 0.351 e. The van der Waals surface area contributed by atoms with Gasteiger partial charge in [0.15, 0.2) is 0 Å². The van der Waals surface area contributed by atoms with Gasteiger partial charge in [-0.25, -0.2) is 24.0 Å². The second-order valence-corrected chi connectivity index (χ2v) is 5.70. The molecule has 1 aliphatic rings. The average Bonchev–Trinajstić information content (AvgIpc) is 2.68. The molecule has 0 atom stereocenters. The summed E-state index contributed by atoms with van der Waals surface area (Å²) in [7, 11) is -3.24. The van der Waals surface area contributed by atoms with Crippen LogP contribution in [0.2, 0.25) is 0 Å². The predicted molar refractivity (Wildman–Crippen MR) is 62.1 cm³/mol. The molecule has 0 aromatic heterocycles. The Hall–Kier alpha value is -1.43.